The van der Waals surface area contributed by atoms with Crippen molar-refractivity contribution in [2.24, 2.45) is 0 Å². The summed E-state index contributed by atoms with van der Waals surface area (Å²) in [5.41, 5.74) is 0.673. The van der Waals surface area contributed by atoms with Crippen molar-refractivity contribution in [2.45, 2.75) is 39.9 Å². The standard InChI is InChI=1S/C23H27FN2O5S/c1-6-32(28,29)25(5)18-9-11-20(12-10-18)30-15-19-13-16-7-8-17(24)14-21(16)26(19)22(27)31-23(2,3)4/h7-14H,6,15H2,1-5H3. The summed E-state index contributed by atoms with van der Waals surface area (Å²) in [5, 5.41) is 0.678. The topological polar surface area (TPSA) is 77.8 Å². The maximum absolute atomic E-state index is 13.8. The van der Waals surface area contributed by atoms with E-state index in [1.165, 1.54) is 28.1 Å². The summed E-state index contributed by atoms with van der Waals surface area (Å²) in [6.07, 6.45) is -0.626. The first-order chi connectivity index (χ1) is 14.9. The van der Waals surface area contributed by atoms with Crippen LogP contribution >= 0.6 is 0 Å². The highest BCUT2D eigenvalue weighted by atomic mass is 32.2. The Morgan fingerprint density at radius 3 is 2.34 bits per heavy atom. The molecule has 0 amide bonds. The number of hydrogen-bond donors (Lipinski definition) is 0. The molecule has 2 aromatic carbocycles. The zero-order valence-corrected chi connectivity index (χ0v) is 19.6. The Morgan fingerprint density at radius 2 is 1.75 bits per heavy atom. The summed E-state index contributed by atoms with van der Waals surface area (Å²) in [4.78, 5) is 12.8. The van der Waals surface area contributed by atoms with Crippen LogP contribution in [0.3, 0.4) is 0 Å². The summed E-state index contributed by atoms with van der Waals surface area (Å²) < 4.78 is 51.7. The highest BCUT2D eigenvalue weighted by Crippen LogP contribution is 2.26. The van der Waals surface area contributed by atoms with Crippen molar-refractivity contribution in [2.75, 3.05) is 17.1 Å². The van der Waals surface area contributed by atoms with E-state index in [1.807, 2.05) is 0 Å². The number of carbonyl (C=O) groups excluding carboxylic acids is 1. The van der Waals surface area contributed by atoms with E-state index < -0.39 is 27.5 Å². The highest BCUT2D eigenvalue weighted by molar-refractivity contribution is 7.92. The van der Waals surface area contributed by atoms with Gasteiger partial charge in [0.2, 0.25) is 10.0 Å². The third-order valence-electron chi connectivity index (χ3n) is 4.79. The SMILES string of the molecule is CCS(=O)(=O)N(C)c1ccc(OCc2cc3ccc(F)cc3n2C(=O)OC(C)(C)C)cc1. The smallest absolute Gasteiger partial charge is 0.419 e. The predicted molar refractivity (Wildman–Crippen MR) is 122 cm³/mol. The van der Waals surface area contributed by atoms with Gasteiger partial charge < -0.3 is 9.47 Å². The lowest BCUT2D eigenvalue weighted by molar-refractivity contribution is 0.0535. The first kappa shape index (κ1) is 23.6. The van der Waals surface area contributed by atoms with E-state index in [-0.39, 0.29) is 12.4 Å². The van der Waals surface area contributed by atoms with E-state index in [9.17, 15) is 17.6 Å². The second-order valence-corrected chi connectivity index (χ2v) is 10.6. The predicted octanol–water partition coefficient (Wildman–Crippen LogP) is 4.93. The van der Waals surface area contributed by atoms with E-state index in [0.29, 0.717) is 28.0 Å². The number of nitrogens with zero attached hydrogens (tertiary/aromatic N) is 2. The zero-order valence-electron chi connectivity index (χ0n) is 18.8. The van der Waals surface area contributed by atoms with Gasteiger partial charge in [0.05, 0.1) is 22.7 Å². The molecule has 0 spiro atoms. The maximum atomic E-state index is 13.8. The lowest BCUT2D eigenvalue weighted by atomic mass is 10.2. The molecule has 1 aromatic heterocycles. The number of anilines is 1. The number of fused-ring (bicyclic) bond motifs is 1. The van der Waals surface area contributed by atoms with Gasteiger partial charge in [-0.05, 0) is 76.2 Å². The van der Waals surface area contributed by atoms with Crippen LogP contribution in [0.2, 0.25) is 0 Å². The van der Waals surface area contributed by atoms with Gasteiger partial charge in [-0.2, -0.15) is 0 Å². The minimum absolute atomic E-state index is 0.00242. The van der Waals surface area contributed by atoms with Gasteiger partial charge in [-0.15, -0.1) is 0 Å². The second kappa shape index (κ2) is 8.82. The van der Waals surface area contributed by atoms with Gasteiger partial charge in [0.15, 0.2) is 0 Å². The summed E-state index contributed by atoms with van der Waals surface area (Å²) in [6.45, 7) is 6.87. The van der Waals surface area contributed by atoms with Gasteiger partial charge in [-0.25, -0.2) is 22.2 Å². The van der Waals surface area contributed by atoms with Crippen LogP contribution in [-0.4, -0.2) is 37.5 Å². The van der Waals surface area contributed by atoms with Crippen molar-refractivity contribution < 1.29 is 27.1 Å². The van der Waals surface area contributed by atoms with E-state index in [2.05, 4.69) is 0 Å². The first-order valence-corrected chi connectivity index (χ1v) is 11.7. The molecule has 0 aliphatic heterocycles. The van der Waals surface area contributed by atoms with Crippen LogP contribution in [0.4, 0.5) is 14.9 Å². The van der Waals surface area contributed by atoms with Gasteiger partial charge in [0.25, 0.3) is 0 Å². The molecular formula is C23H27FN2O5S. The maximum Gasteiger partial charge on any atom is 0.419 e. The van der Waals surface area contributed by atoms with Gasteiger partial charge in [0, 0.05) is 12.4 Å². The molecule has 0 radical (unpaired) electrons. The fourth-order valence-corrected chi connectivity index (χ4v) is 3.95. The molecule has 0 N–H and O–H groups in total. The van der Waals surface area contributed by atoms with Crippen LogP contribution in [0, 0.1) is 5.82 Å². The number of hydrogen-bond acceptors (Lipinski definition) is 5. The summed E-state index contributed by atoms with van der Waals surface area (Å²) in [7, 11) is -1.87. The minimum Gasteiger partial charge on any atom is -0.487 e. The van der Waals surface area contributed by atoms with E-state index in [1.54, 1.807) is 64.1 Å². The molecule has 1 heterocycles. The summed E-state index contributed by atoms with van der Waals surface area (Å²) in [6, 6.07) is 12.5. The Balaban J connectivity index is 1.86. The van der Waals surface area contributed by atoms with Crippen molar-refractivity contribution in [3.8, 4) is 5.75 Å². The lowest BCUT2D eigenvalue weighted by Crippen LogP contribution is -2.28. The molecule has 3 aromatic rings. The Hall–Kier alpha value is -3.07. The molecule has 9 heteroatoms. The molecule has 172 valence electrons. The third-order valence-corrected chi connectivity index (χ3v) is 6.56. The van der Waals surface area contributed by atoms with Crippen molar-refractivity contribution in [3.05, 3.63) is 60.0 Å². The van der Waals surface area contributed by atoms with Crippen LogP contribution < -0.4 is 9.04 Å². The fraction of sp³-hybridized carbons (Fsp3) is 0.348. The average molecular weight is 463 g/mol. The van der Waals surface area contributed by atoms with Crippen LogP contribution in [-0.2, 0) is 21.4 Å². The molecular weight excluding hydrogens is 435 g/mol. The highest BCUT2D eigenvalue weighted by Gasteiger charge is 2.23. The number of sulfonamides is 1. The molecule has 3 rings (SSSR count). The van der Waals surface area contributed by atoms with Crippen LogP contribution in [0.15, 0.2) is 48.5 Å². The molecule has 0 unspecified atom stereocenters. The number of ether oxygens (including phenoxy) is 2. The van der Waals surface area contributed by atoms with Crippen molar-refractivity contribution in [3.63, 3.8) is 0 Å². The molecule has 0 bridgehead atoms. The minimum atomic E-state index is -3.36. The lowest BCUT2D eigenvalue weighted by Gasteiger charge is -2.21. The largest absolute Gasteiger partial charge is 0.487 e. The average Bonchev–Trinajstić information content (AvgIpc) is 3.08. The van der Waals surface area contributed by atoms with Crippen molar-refractivity contribution in [1.82, 2.24) is 4.57 Å². The van der Waals surface area contributed by atoms with Crippen molar-refractivity contribution >= 4 is 32.7 Å². The van der Waals surface area contributed by atoms with Gasteiger partial charge in [-0.1, -0.05) is 0 Å². The fourth-order valence-electron chi connectivity index (χ4n) is 3.12. The Bertz CT molecular complexity index is 1230. The normalized spacial score (nSPS) is 12.1. The van der Waals surface area contributed by atoms with E-state index in [0.717, 1.165) is 0 Å². The number of halogens is 1. The molecule has 0 atom stereocenters. The van der Waals surface area contributed by atoms with E-state index in [4.69, 9.17) is 9.47 Å². The molecule has 7 nitrogen and oxygen atoms in total. The molecule has 0 saturated carbocycles. The quantitative estimate of drug-likeness (QED) is 0.519. The monoisotopic (exact) mass is 462 g/mol. The molecule has 0 aliphatic rings. The molecule has 0 saturated heterocycles. The van der Waals surface area contributed by atoms with E-state index >= 15 is 0 Å². The Kier molecular flexibility index (Phi) is 6.50. The van der Waals surface area contributed by atoms with Gasteiger partial charge in [-0.3, -0.25) is 4.31 Å². The van der Waals surface area contributed by atoms with Crippen molar-refractivity contribution in [1.29, 1.82) is 0 Å². The summed E-state index contributed by atoms with van der Waals surface area (Å²) in [5.74, 6) is 0.0234. The van der Waals surface area contributed by atoms with Gasteiger partial charge >= 0.3 is 6.09 Å². The Morgan fingerprint density at radius 1 is 1.09 bits per heavy atom. The number of aromatic nitrogens is 1. The molecule has 0 aliphatic carbocycles. The number of benzene rings is 2. The van der Waals surface area contributed by atoms with Crippen LogP contribution in [0.25, 0.3) is 10.9 Å². The van der Waals surface area contributed by atoms with Gasteiger partial charge in [0.1, 0.15) is 23.8 Å². The van der Waals surface area contributed by atoms with Crippen LogP contribution in [0.5, 0.6) is 5.75 Å². The first-order valence-electron chi connectivity index (χ1n) is 10.1. The molecule has 0 fully saturated rings. The summed E-state index contributed by atoms with van der Waals surface area (Å²) >= 11 is 0. The zero-order chi connectivity index (χ0) is 23.7. The van der Waals surface area contributed by atoms with Crippen LogP contribution in [0.1, 0.15) is 33.4 Å². The number of rotatable bonds is 6. The third kappa shape index (κ3) is 5.21. The Labute approximate surface area is 187 Å². The second-order valence-electron chi connectivity index (χ2n) is 8.31. The molecule has 32 heavy (non-hydrogen) atoms. The number of carbonyl (C=O) groups is 1.